The van der Waals surface area contributed by atoms with Crippen LogP contribution < -0.4 is 16.0 Å². The fourth-order valence-electron chi connectivity index (χ4n) is 1.85. The number of hydrogen-bond acceptors (Lipinski definition) is 4. The third-order valence-corrected chi connectivity index (χ3v) is 2.86. The number of anilines is 1. The first-order chi connectivity index (χ1) is 8.65. The van der Waals surface area contributed by atoms with Gasteiger partial charge in [0.25, 0.3) is 0 Å². The van der Waals surface area contributed by atoms with Gasteiger partial charge in [-0.1, -0.05) is 0 Å². The second-order valence-corrected chi connectivity index (χ2v) is 4.03. The lowest BCUT2D eigenvalue weighted by atomic mass is 10.2. The van der Waals surface area contributed by atoms with Crippen LogP contribution in [-0.4, -0.2) is 38.2 Å². The highest BCUT2D eigenvalue weighted by molar-refractivity contribution is 5.95. The van der Waals surface area contributed by atoms with Crippen molar-refractivity contribution in [3.63, 3.8) is 0 Å². The average Bonchev–Trinajstić information content (AvgIpc) is 2.79. The fraction of sp³-hybridized carbons (Fsp3) is 0.333. The van der Waals surface area contributed by atoms with Gasteiger partial charge in [-0.2, -0.15) is 0 Å². The van der Waals surface area contributed by atoms with Gasteiger partial charge in [0.15, 0.2) is 0 Å². The van der Waals surface area contributed by atoms with E-state index in [-0.39, 0.29) is 12.1 Å². The second kappa shape index (κ2) is 5.05. The Morgan fingerprint density at radius 2 is 2.17 bits per heavy atom. The SMILES string of the molecule is COC(=O)c1ccc(N2CC(CN)NC2=O)cc1. The minimum absolute atomic E-state index is 0.0298. The summed E-state index contributed by atoms with van der Waals surface area (Å²) in [5, 5.41) is 2.77. The molecule has 1 unspecified atom stereocenters. The molecule has 1 aromatic carbocycles. The number of nitrogens with two attached hydrogens (primary N) is 1. The van der Waals surface area contributed by atoms with Gasteiger partial charge in [0, 0.05) is 18.8 Å². The van der Waals surface area contributed by atoms with E-state index in [9.17, 15) is 9.59 Å². The van der Waals surface area contributed by atoms with E-state index in [1.165, 1.54) is 7.11 Å². The molecule has 1 aliphatic heterocycles. The first kappa shape index (κ1) is 12.4. The maximum absolute atomic E-state index is 11.7. The Balaban J connectivity index is 2.15. The molecule has 96 valence electrons. The summed E-state index contributed by atoms with van der Waals surface area (Å²) >= 11 is 0. The van der Waals surface area contributed by atoms with Crippen LogP contribution in [0.4, 0.5) is 10.5 Å². The molecule has 1 saturated heterocycles. The third-order valence-electron chi connectivity index (χ3n) is 2.86. The summed E-state index contributed by atoms with van der Waals surface area (Å²) in [6.07, 6.45) is 0. The van der Waals surface area contributed by atoms with E-state index in [4.69, 9.17) is 5.73 Å². The number of amides is 2. The van der Waals surface area contributed by atoms with Gasteiger partial charge in [-0.25, -0.2) is 9.59 Å². The molecule has 0 aromatic heterocycles. The Morgan fingerprint density at radius 3 is 2.67 bits per heavy atom. The Labute approximate surface area is 105 Å². The lowest BCUT2D eigenvalue weighted by Crippen LogP contribution is -2.33. The van der Waals surface area contributed by atoms with Crippen LogP contribution in [0, 0.1) is 0 Å². The van der Waals surface area contributed by atoms with Crippen LogP contribution in [0.3, 0.4) is 0 Å². The van der Waals surface area contributed by atoms with Crippen LogP contribution in [0.25, 0.3) is 0 Å². The molecule has 1 heterocycles. The number of nitrogens with zero attached hydrogens (tertiary/aromatic N) is 1. The number of nitrogens with one attached hydrogen (secondary N) is 1. The van der Waals surface area contributed by atoms with Crippen LogP contribution in [0.15, 0.2) is 24.3 Å². The number of rotatable bonds is 3. The van der Waals surface area contributed by atoms with Gasteiger partial charge in [0.2, 0.25) is 0 Å². The number of ether oxygens (including phenoxy) is 1. The predicted molar refractivity (Wildman–Crippen MR) is 66.5 cm³/mol. The van der Waals surface area contributed by atoms with Crippen LogP contribution in [0.5, 0.6) is 0 Å². The maximum atomic E-state index is 11.7. The largest absolute Gasteiger partial charge is 0.465 e. The Kier molecular flexibility index (Phi) is 3.47. The number of hydrogen-bond donors (Lipinski definition) is 2. The molecule has 1 atom stereocenters. The molecular formula is C12H15N3O3. The van der Waals surface area contributed by atoms with Crippen molar-refractivity contribution in [3.05, 3.63) is 29.8 Å². The quantitative estimate of drug-likeness (QED) is 0.756. The number of carbonyl (C=O) groups excluding carboxylic acids is 2. The first-order valence-corrected chi connectivity index (χ1v) is 5.62. The molecule has 0 bridgehead atoms. The molecule has 2 amide bonds. The average molecular weight is 249 g/mol. The van der Waals surface area contributed by atoms with Crippen molar-refractivity contribution in [2.45, 2.75) is 6.04 Å². The highest BCUT2D eigenvalue weighted by Crippen LogP contribution is 2.19. The van der Waals surface area contributed by atoms with Crippen molar-refractivity contribution >= 4 is 17.7 Å². The molecule has 0 spiro atoms. The summed E-state index contributed by atoms with van der Waals surface area (Å²) < 4.78 is 4.61. The van der Waals surface area contributed by atoms with Crippen molar-refractivity contribution in [1.82, 2.24) is 5.32 Å². The minimum Gasteiger partial charge on any atom is -0.465 e. The lowest BCUT2D eigenvalue weighted by molar-refractivity contribution is 0.0601. The van der Waals surface area contributed by atoms with E-state index in [2.05, 4.69) is 10.1 Å². The summed E-state index contributed by atoms with van der Waals surface area (Å²) in [7, 11) is 1.33. The third kappa shape index (κ3) is 2.28. The number of benzene rings is 1. The number of methoxy groups -OCH3 is 1. The molecule has 2 rings (SSSR count). The topological polar surface area (TPSA) is 84.7 Å². The molecule has 6 nitrogen and oxygen atoms in total. The van der Waals surface area contributed by atoms with E-state index >= 15 is 0 Å². The fourth-order valence-corrected chi connectivity index (χ4v) is 1.85. The van der Waals surface area contributed by atoms with Crippen LogP contribution in [0.1, 0.15) is 10.4 Å². The Hall–Kier alpha value is -2.08. The summed E-state index contributed by atoms with van der Waals surface area (Å²) in [6, 6.07) is 6.48. The molecule has 0 saturated carbocycles. The van der Waals surface area contributed by atoms with Gasteiger partial charge < -0.3 is 15.8 Å². The smallest absolute Gasteiger partial charge is 0.337 e. The zero-order valence-corrected chi connectivity index (χ0v) is 10.1. The zero-order valence-electron chi connectivity index (χ0n) is 10.1. The molecule has 1 aromatic rings. The van der Waals surface area contributed by atoms with E-state index in [1.54, 1.807) is 29.2 Å². The molecular weight excluding hydrogens is 234 g/mol. The van der Waals surface area contributed by atoms with E-state index < -0.39 is 5.97 Å². The molecule has 18 heavy (non-hydrogen) atoms. The van der Waals surface area contributed by atoms with Gasteiger partial charge in [0.05, 0.1) is 18.7 Å². The standard InChI is InChI=1S/C12H15N3O3/c1-18-11(16)8-2-4-10(5-3-8)15-7-9(6-13)14-12(15)17/h2-5,9H,6-7,13H2,1H3,(H,14,17). The molecule has 1 fully saturated rings. The van der Waals surface area contributed by atoms with Crippen molar-refractivity contribution < 1.29 is 14.3 Å². The van der Waals surface area contributed by atoms with Gasteiger partial charge >= 0.3 is 12.0 Å². The Morgan fingerprint density at radius 1 is 1.50 bits per heavy atom. The highest BCUT2D eigenvalue weighted by atomic mass is 16.5. The van der Waals surface area contributed by atoms with Crippen molar-refractivity contribution in [2.24, 2.45) is 5.73 Å². The van der Waals surface area contributed by atoms with E-state index in [0.717, 1.165) is 5.69 Å². The van der Waals surface area contributed by atoms with Crippen LogP contribution in [0.2, 0.25) is 0 Å². The predicted octanol–water partition coefficient (Wildman–Crippen LogP) is 0.330. The molecule has 0 radical (unpaired) electrons. The number of carbonyl (C=O) groups is 2. The Bertz CT molecular complexity index is 458. The van der Waals surface area contributed by atoms with Crippen molar-refractivity contribution in [2.75, 3.05) is 25.1 Å². The lowest BCUT2D eigenvalue weighted by Gasteiger charge is -2.14. The molecule has 0 aliphatic carbocycles. The normalized spacial score (nSPS) is 18.7. The summed E-state index contributed by atoms with van der Waals surface area (Å²) in [5.41, 5.74) is 6.70. The zero-order chi connectivity index (χ0) is 13.1. The van der Waals surface area contributed by atoms with E-state index in [1.807, 2.05) is 0 Å². The molecule has 3 N–H and O–H groups in total. The van der Waals surface area contributed by atoms with Gasteiger partial charge in [-0.3, -0.25) is 4.90 Å². The molecule has 6 heteroatoms. The van der Waals surface area contributed by atoms with Gasteiger partial charge in [-0.05, 0) is 24.3 Å². The van der Waals surface area contributed by atoms with Gasteiger partial charge in [0.1, 0.15) is 0 Å². The van der Waals surface area contributed by atoms with Gasteiger partial charge in [-0.15, -0.1) is 0 Å². The van der Waals surface area contributed by atoms with Crippen molar-refractivity contribution in [1.29, 1.82) is 0 Å². The summed E-state index contributed by atoms with van der Waals surface area (Å²) in [4.78, 5) is 24.6. The monoisotopic (exact) mass is 249 g/mol. The number of esters is 1. The summed E-state index contributed by atoms with van der Waals surface area (Å²) in [5.74, 6) is -0.396. The maximum Gasteiger partial charge on any atom is 0.337 e. The number of urea groups is 1. The second-order valence-electron chi connectivity index (χ2n) is 4.03. The van der Waals surface area contributed by atoms with Crippen molar-refractivity contribution in [3.8, 4) is 0 Å². The summed E-state index contributed by atoms with van der Waals surface area (Å²) in [6.45, 7) is 0.940. The van der Waals surface area contributed by atoms with E-state index in [0.29, 0.717) is 18.7 Å². The first-order valence-electron chi connectivity index (χ1n) is 5.62. The highest BCUT2D eigenvalue weighted by Gasteiger charge is 2.28. The van der Waals surface area contributed by atoms with Crippen LogP contribution >= 0.6 is 0 Å². The van der Waals surface area contributed by atoms with Crippen LogP contribution in [-0.2, 0) is 4.74 Å². The molecule has 1 aliphatic rings. The minimum atomic E-state index is -0.396.